The Hall–Kier alpha value is -1.88. The van der Waals surface area contributed by atoms with E-state index >= 15 is 0 Å². The fourth-order valence-corrected chi connectivity index (χ4v) is 1.99. The lowest BCUT2D eigenvalue weighted by atomic mass is 10.1. The van der Waals surface area contributed by atoms with Gasteiger partial charge in [-0.05, 0) is 44.0 Å². The van der Waals surface area contributed by atoms with E-state index in [-0.39, 0.29) is 11.8 Å². The van der Waals surface area contributed by atoms with Crippen molar-refractivity contribution in [2.75, 3.05) is 18.4 Å². The lowest BCUT2D eigenvalue weighted by molar-refractivity contribution is -0.117. The van der Waals surface area contributed by atoms with Crippen LogP contribution in [0.3, 0.4) is 0 Å². The second kappa shape index (κ2) is 8.42. The van der Waals surface area contributed by atoms with Gasteiger partial charge in [0.2, 0.25) is 5.91 Å². The summed E-state index contributed by atoms with van der Waals surface area (Å²) >= 11 is 0. The summed E-state index contributed by atoms with van der Waals surface area (Å²) in [5, 5.41) is 2.70. The summed E-state index contributed by atoms with van der Waals surface area (Å²) in [5.41, 5.74) is 6.78. The highest BCUT2D eigenvalue weighted by Crippen LogP contribution is 2.12. The molecule has 0 spiro atoms. The van der Waals surface area contributed by atoms with Gasteiger partial charge in [0, 0.05) is 24.3 Å². The van der Waals surface area contributed by atoms with Crippen LogP contribution >= 0.6 is 0 Å². The normalized spacial score (nSPS) is 11.8. The summed E-state index contributed by atoms with van der Waals surface area (Å²) in [4.78, 5) is 25.7. The van der Waals surface area contributed by atoms with E-state index in [1.807, 2.05) is 4.90 Å². The summed E-state index contributed by atoms with van der Waals surface area (Å²) in [6.45, 7) is 7.26. The molecule has 0 aliphatic rings. The lowest BCUT2D eigenvalue weighted by Crippen LogP contribution is -2.33. The van der Waals surface area contributed by atoms with Gasteiger partial charge in [-0.25, -0.2) is 0 Å². The molecule has 0 aliphatic heterocycles. The summed E-state index contributed by atoms with van der Waals surface area (Å²) in [7, 11) is 0. The van der Waals surface area contributed by atoms with E-state index in [4.69, 9.17) is 5.73 Å². The van der Waals surface area contributed by atoms with Gasteiger partial charge in [-0.15, -0.1) is 0 Å². The van der Waals surface area contributed by atoms with E-state index in [0.717, 1.165) is 25.9 Å². The van der Waals surface area contributed by atoms with Gasteiger partial charge in [0.05, 0.1) is 6.04 Å². The quantitative estimate of drug-likeness (QED) is 0.809. The highest BCUT2D eigenvalue weighted by Gasteiger charge is 2.14. The molecular formula is C16H25N3O2. The lowest BCUT2D eigenvalue weighted by Gasteiger charge is -2.21. The van der Waals surface area contributed by atoms with Gasteiger partial charge in [0.15, 0.2) is 0 Å². The number of hydrogen-bond acceptors (Lipinski definition) is 3. The minimum atomic E-state index is -0.559. The van der Waals surface area contributed by atoms with Crippen molar-refractivity contribution < 1.29 is 9.59 Å². The third-order valence-corrected chi connectivity index (χ3v) is 3.09. The highest BCUT2D eigenvalue weighted by atomic mass is 16.2. The Morgan fingerprint density at radius 1 is 1.14 bits per heavy atom. The molecule has 1 aromatic rings. The number of nitrogens with two attached hydrogens (primary N) is 1. The van der Waals surface area contributed by atoms with Gasteiger partial charge in [-0.1, -0.05) is 13.8 Å². The Bertz CT molecular complexity index is 463. The first-order valence-corrected chi connectivity index (χ1v) is 7.45. The molecule has 1 rings (SSSR count). The highest BCUT2D eigenvalue weighted by molar-refractivity contribution is 5.97. The Morgan fingerprint density at radius 3 is 2.10 bits per heavy atom. The first-order valence-electron chi connectivity index (χ1n) is 7.45. The zero-order chi connectivity index (χ0) is 15.8. The standard InChI is InChI=1S/C16H25N3O2/c1-4-10-19(11-5-2)16(21)13-6-8-14(9-7-13)18-15(20)12(3)17/h6-9,12H,4-5,10-11,17H2,1-3H3,(H,18,20)/t12-/m0/s1. The van der Waals surface area contributed by atoms with Crippen molar-refractivity contribution in [3.8, 4) is 0 Å². The van der Waals surface area contributed by atoms with Crippen molar-refractivity contribution >= 4 is 17.5 Å². The molecule has 0 saturated carbocycles. The summed E-state index contributed by atoms with van der Waals surface area (Å²) in [6.07, 6.45) is 1.88. The predicted octanol–water partition coefficient (Wildman–Crippen LogP) is 2.23. The van der Waals surface area contributed by atoms with Crippen molar-refractivity contribution in [2.45, 2.75) is 39.7 Å². The fourth-order valence-electron chi connectivity index (χ4n) is 1.99. The van der Waals surface area contributed by atoms with Crippen LogP contribution in [-0.2, 0) is 4.79 Å². The fraction of sp³-hybridized carbons (Fsp3) is 0.500. The maximum absolute atomic E-state index is 12.4. The average molecular weight is 291 g/mol. The minimum Gasteiger partial charge on any atom is -0.339 e. The van der Waals surface area contributed by atoms with Crippen molar-refractivity contribution in [1.82, 2.24) is 4.90 Å². The molecule has 0 fully saturated rings. The molecule has 0 unspecified atom stereocenters. The molecule has 0 saturated heterocycles. The molecule has 116 valence electrons. The number of nitrogens with zero attached hydrogens (tertiary/aromatic N) is 1. The smallest absolute Gasteiger partial charge is 0.253 e. The second-order valence-electron chi connectivity index (χ2n) is 5.15. The van der Waals surface area contributed by atoms with Crippen molar-refractivity contribution in [3.05, 3.63) is 29.8 Å². The molecule has 5 nitrogen and oxygen atoms in total. The third kappa shape index (κ3) is 5.19. The second-order valence-corrected chi connectivity index (χ2v) is 5.15. The topological polar surface area (TPSA) is 75.4 Å². The van der Waals surface area contributed by atoms with Crippen LogP contribution in [0.25, 0.3) is 0 Å². The van der Waals surface area contributed by atoms with Crippen LogP contribution in [0.1, 0.15) is 44.0 Å². The van der Waals surface area contributed by atoms with Gasteiger partial charge in [0.1, 0.15) is 0 Å². The molecule has 0 aromatic heterocycles. The molecule has 0 aliphatic carbocycles. The number of hydrogen-bond donors (Lipinski definition) is 2. The molecule has 21 heavy (non-hydrogen) atoms. The van der Waals surface area contributed by atoms with E-state index < -0.39 is 6.04 Å². The number of carbonyl (C=O) groups excluding carboxylic acids is 2. The van der Waals surface area contributed by atoms with E-state index in [9.17, 15) is 9.59 Å². The van der Waals surface area contributed by atoms with Crippen molar-refractivity contribution in [1.29, 1.82) is 0 Å². The number of anilines is 1. The largest absolute Gasteiger partial charge is 0.339 e. The van der Waals surface area contributed by atoms with Crippen LogP contribution in [0.4, 0.5) is 5.69 Å². The van der Waals surface area contributed by atoms with Gasteiger partial charge < -0.3 is 16.0 Å². The van der Waals surface area contributed by atoms with Crippen LogP contribution in [0.15, 0.2) is 24.3 Å². The Kier molecular flexibility index (Phi) is 6.88. The molecule has 0 radical (unpaired) electrons. The predicted molar refractivity (Wildman–Crippen MR) is 85.2 cm³/mol. The van der Waals surface area contributed by atoms with Gasteiger partial charge in [-0.2, -0.15) is 0 Å². The summed E-state index contributed by atoms with van der Waals surface area (Å²) < 4.78 is 0. The Labute approximate surface area is 126 Å². The molecular weight excluding hydrogens is 266 g/mol. The number of rotatable bonds is 7. The van der Waals surface area contributed by atoms with E-state index in [2.05, 4.69) is 19.2 Å². The third-order valence-electron chi connectivity index (χ3n) is 3.09. The van der Waals surface area contributed by atoms with E-state index in [0.29, 0.717) is 11.3 Å². The maximum Gasteiger partial charge on any atom is 0.253 e. The maximum atomic E-state index is 12.4. The molecule has 2 amide bonds. The zero-order valence-corrected chi connectivity index (χ0v) is 13.1. The van der Waals surface area contributed by atoms with Crippen LogP contribution in [0, 0.1) is 0 Å². The molecule has 3 N–H and O–H groups in total. The molecule has 0 bridgehead atoms. The van der Waals surface area contributed by atoms with E-state index in [1.54, 1.807) is 31.2 Å². The number of amides is 2. The van der Waals surface area contributed by atoms with Crippen molar-refractivity contribution in [2.24, 2.45) is 5.73 Å². The molecule has 1 aromatic carbocycles. The first-order chi connectivity index (χ1) is 9.99. The average Bonchev–Trinajstić information content (AvgIpc) is 2.47. The van der Waals surface area contributed by atoms with Crippen LogP contribution in [-0.4, -0.2) is 35.8 Å². The Balaban J connectivity index is 2.76. The Morgan fingerprint density at radius 2 is 1.67 bits per heavy atom. The van der Waals surface area contributed by atoms with Gasteiger partial charge in [-0.3, -0.25) is 9.59 Å². The number of carbonyl (C=O) groups is 2. The zero-order valence-electron chi connectivity index (χ0n) is 13.1. The first kappa shape index (κ1) is 17.2. The van der Waals surface area contributed by atoms with Crippen LogP contribution in [0.5, 0.6) is 0 Å². The van der Waals surface area contributed by atoms with Gasteiger partial charge in [0.25, 0.3) is 5.91 Å². The number of nitrogens with one attached hydrogen (secondary N) is 1. The van der Waals surface area contributed by atoms with Crippen molar-refractivity contribution in [3.63, 3.8) is 0 Å². The monoisotopic (exact) mass is 291 g/mol. The summed E-state index contributed by atoms with van der Waals surface area (Å²) in [6, 6.07) is 6.36. The molecule has 1 atom stereocenters. The van der Waals surface area contributed by atoms with Gasteiger partial charge >= 0.3 is 0 Å². The van der Waals surface area contributed by atoms with Crippen LogP contribution < -0.4 is 11.1 Å². The number of benzene rings is 1. The molecule has 5 heteroatoms. The SMILES string of the molecule is CCCN(CCC)C(=O)c1ccc(NC(=O)[C@H](C)N)cc1. The summed E-state index contributed by atoms with van der Waals surface area (Å²) in [5.74, 6) is -0.212. The van der Waals surface area contributed by atoms with Crippen LogP contribution in [0.2, 0.25) is 0 Å². The minimum absolute atomic E-state index is 0.0313. The van der Waals surface area contributed by atoms with E-state index in [1.165, 1.54) is 0 Å². The molecule has 0 heterocycles.